The number of hydrogen-bond acceptors (Lipinski definition) is 4. The van der Waals surface area contributed by atoms with Crippen molar-refractivity contribution in [3.8, 4) is 0 Å². The molecule has 5 nitrogen and oxygen atoms in total. The van der Waals surface area contributed by atoms with Gasteiger partial charge in [-0.15, -0.1) is 0 Å². The van der Waals surface area contributed by atoms with Gasteiger partial charge in [0.05, 0.1) is 0 Å². The van der Waals surface area contributed by atoms with Crippen molar-refractivity contribution in [2.45, 2.75) is 32.6 Å². The van der Waals surface area contributed by atoms with Gasteiger partial charge in [0.1, 0.15) is 5.69 Å². The molecule has 1 aromatic carbocycles. The minimum Gasteiger partial charge on any atom is -0.357 e. The third kappa shape index (κ3) is 4.56. The number of benzene rings is 1. The van der Waals surface area contributed by atoms with Gasteiger partial charge in [-0.3, -0.25) is 4.79 Å². The first kappa shape index (κ1) is 17.4. The van der Waals surface area contributed by atoms with E-state index < -0.39 is 0 Å². The highest BCUT2D eigenvalue weighted by atomic mass is 16.2. The summed E-state index contributed by atoms with van der Waals surface area (Å²) in [4.78, 5) is 23.2. The summed E-state index contributed by atoms with van der Waals surface area (Å²) in [5.41, 5.74) is 2.69. The minimum absolute atomic E-state index is 0.0171. The molecule has 1 fully saturated rings. The molecule has 0 bridgehead atoms. The minimum atomic E-state index is 0.0171. The van der Waals surface area contributed by atoms with E-state index in [1.165, 1.54) is 12.0 Å². The number of anilines is 1. The van der Waals surface area contributed by atoms with E-state index in [-0.39, 0.29) is 5.91 Å². The summed E-state index contributed by atoms with van der Waals surface area (Å²) in [5, 5.41) is 2.91. The number of piperidine rings is 1. The van der Waals surface area contributed by atoms with Crippen LogP contribution in [0.3, 0.4) is 0 Å². The second kappa shape index (κ2) is 8.10. The molecule has 1 aromatic heterocycles. The summed E-state index contributed by atoms with van der Waals surface area (Å²) < 4.78 is 0. The maximum atomic E-state index is 12.7. The Morgan fingerprint density at radius 3 is 2.60 bits per heavy atom. The van der Waals surface area contributed by atoms with Gasteiger partial charge in [0.15, 0.2) is 0 Å². The lowest BCUT2D eigenvalue weighted by atomic mass is 9.90. The van der Waals surface area contributed by atoms with Crippen molar-refractivity contribution in [1.82, 2.24) is 14.9 Å². The van der Waals surface area contributed by atoms with Gasteiger partial charge in [-0.2, -0.15) is 0 Å². The molecule has 2 aromatic rings. The second-order valence-electron chi connectivity index (χ2n) is 6.73. The zero-order chi connectivity index (χ0) is 17.6. The normalized spacial score (nSPS) is 15.2. The number of carbonyl (C=O) groups is 1. The van der Waals surface area contributed by atoms with E-state index in [2.05, 4.69) is 45.6 Å². The molecule has 0 atom stereocenters. The highest BCUT2D eigenvalue weighted by Crippen LogP contribution is 2.23. The summed E-state index contributed by atoms with van der Waals surface area (Å²) >= 11 is 0. The van der Waals surface area contributed by atoms with Gasteiger partial charge in [0.25, 0.3) is 5.91 Å². The van der Waals surface area contributed by atoms with Gasteiger partial charge in [0.2, 0.25) is 5.95 Å². The Labute approximate surface area is 149 Å². The van der Waals surface area contributed by atoms with E-state index in [1.807, 2.05) is 11.8 Å². The van der Waals surface area contributed by atoms with E-state index in [1.54, 1.807) is 13.1 Å². The highest BCUT2D eigenvalue weighted by Gasteiger charge is 2.24. The summed E-state index contributed by atoms with van der Waals surface area (Å²) in [6.07, 6.45) is 4.46. The van der Waals surface area contributed by atoms with Crippen molar-refractivity contribution in [1.29, 1.82) is 0 Å². The summed E-state index contributed by atoms with van der Waals surface area (Å²) in [5.74, 6) is 1.22. The van der Waals surface area contributed by atoms with Crippen LogP contribution in [-0.2, 0) is 6.42 Å². The van der Waals surface area contributed by atoms with Crippen LogP contribution in [0, 0.1) is 12.8 Å². The molecule has 1 aliphatic rings. The maximum Gasteiger partial charge on any atom is 0.272 e. The Bertz CT molecular complexity index is 709. The third-order valence-corrected chi connectivity index (χ3v) is 4.88. The lowest BCUT2D eigenvalue weighted by molar-refractivity contribution is 0.0681. The number of amides is 1. The van der Waals surface area contributed by atoms with Crippen LogP contribution in [-0.4, -0.2) is 40.9 Å². The molecule has 1 saturated heterocycles. The quantitative estimate of drug-likeness (QED) is 0.909. The van der Waals surface area contributed by atoms with E-state index in [9.17, 15) is 4.79 Å². The standard InChI is InChI=1S/C20H26N4O/c1-15-14-18(23-20(21-2)22-15)19(25)24-12-10-17(11-13-24)9-8-16-6-4-3-5-7-16/h3-7,14,17H,8-13H2,1-2H3,(H,21,22,23). The first-order valence-corrected chi connectivity index (χ1v) is 9.02. The largest absolute Gasteiger partial charge is 0.357 e. The van der Waals surface area contributed by atoms with Crippen molar-refractivity contribution < 1.29 is 4.79 Å². The first-order chi connectivity index (χ1) is 12.2. The SMILES string of the molecule is CNc1nc(C)cc(C(=O)N2CCC(CCc3ccccc3)CC2)n1. The lowest BCUT2D eigenvalue weighted by Gasteiger charge is -2.32. The van der Waals surface area contributed by atoms with E-state index >= 15 is 0 Å². The zero-order valence-corrected chi connectivity index (χ0v) is 15.0. The van der Waals surface area contributed by atoms with Crippen LogP contribution >= 0.6 is 0 Å². The predicted octanol–water partition coefficient (Wildman–Crippen LogP) is 3.31. The molecule has 1 N–H and O–H groups in total. The molecule has 5 heteroatoms. The molecule has 0 aliphatic carbocycles. The fraction of sp³-hybridized carbons (Fsp3) is 0.450. The lowest BCUT2D eigenvalue weighted by Crippen LogP contribution is -2.39. The fourth-order valence-corrected chi connectivity index (χ4v) is 3.39. The van der Waals surface area contributed by atoms with Crippen LogP contribution < -0.4 is 5.32 Å². The second-order valence-corrected chi connectivity index (χ2v) is 6.73. The van der Waals surface area contributed by atoms with Crippen molar-refractivity contribution >= 4 is 11.9 Å². The molecule has 25 heavy (non-hydrogen) atoms. The van der Waals surface area contributed by atoms with Crippen molar-refractivity contribution in [3.63, 3.8) is 0 Å². The molecule has 3 rings (SSSR count). The number of hydrogen-bond donors (Lipinski definition) is 1. The van der Waals surface area contributed by atoms with E-state index in [0.717, 1.165) is 38.0 Å². The van der Waals surface area contributed by atoms with Gasteiger partial charge < -0.3 is 10.2 Å². The van der Waals surface area contributed by atoms with Crippen LogP contribution in [0.5, 0.6) is 0 Å². The number of nitrogens with one attached hydrogen (secondary N) is 1. The van der Waals surface area contributed by atoms with Gasteiger partial charge in [-0.1, -0.05) is 30.3 Å². The Kier molecular flexibility index (Phi) is 5.64. The summed E-state index contributed by atoms with van der Waals surface area (Å²) in [7, 11) is 1.77. The van der Waals surface area contributed by atoms with Crippen molar-refractivity contribution in [3.05, 3.63) is 53.3 Å². The average Bonchev–Trinajstić information content (AvgIpc) is 2.66. The highest BCUT2D eigenvalue weighted by molar-refractivity contribution is 5.92. The molecule has 0 unspecified atom stereocenters. The van der Waals surface area contributed by atoms with Gasteiger partial charge in [-0.25, -0.2) is 9.97 Å². The summed E-state index contributed by atoms with van der Waals surface area (Å²) in [6, 6.07) is 12.4. The van der Waals surface area contributed by atoms with Gasteiger partial charge >= 0.3 is 0 Å². The number of carbonyl (C=O) groups excluding carboxylic acids is 1. The van der Waals surface area contributed by atoms with Crippen LogP contribution in [0.4, 0.5) is 5.95 Å². The first-order valence-electron chi connectivity index (χ1n) is 9.02. The van der Waals surface area contributed by atoms with Crippen LogP contribution in [0.1, 0.15) is 41.0 Å². The number of rotatable bonds is 5. The molecule has 0 spiro atoms. The monoisotopic (exact) mass is 338 g/mol. The van der Waals surface area contributed by atoms with E-state index in [4.69, 9.17) is 0 Å². The Hall–Kier alpha value is -2.43. The molecule has 2 heterocycles. The van der Waals surface area contributed by atoms with Crippen molar-refractivity contribution in [2.24, 2.45) is 5.92 Å². The van der Waals surface area contributed by atoms with Gasteiger partial charge in [0, 0.05) is 25.8 Å². The maximum absolute atomic E-state index is 12.7. The molecular weight excluding hydrogens is 312 g/mol. The fourth-order valence-electron chi connectivity index (χ4n) is 3.39. The number of likely N-dealkylation sites (tertiary alicyclic amines) is 1. The number of nitrogens with zero attached hydrogens (tertiary/aromatic N) is 3. The average molecular weight is 338 g/mol. The number of aromatic nitrogens is 2. The van der Waals surface area contributed by atoms with Crippen LogP contribution in [0.2, 0.25) is 0 Å². The smallest absolute Gasteiger partial charge is 0.272 e. The zero-order valence-electron chi connectivity index (χ0n) is 15.0. The van der Waals surface area contributed by atoms with Gasteiger partial charge in [-0.05, 0) is 50.2 Å². The van der Waals surface area contributed by atoms with Crippen LogP contribution in [0.25, 0.3) is 0 Å². The molecule has 1 amide bonds. The molecule has 0 saturated carbocycles. The van der Waals surface area contributed by atoms with E-state index in [0.29, 0.717) is 17.6 Å². The molecular formula is C20H26N4O. The predicted molar refractivity (Wildman–Crippen MR) is 99.7 cm³/mol. The third-order valence-electron chi connectivity index (χ3n) is 4.88. The Balaban J connectivity index is 1.53. The molecule has 1 aliphatic heterocycles. The molecule has 0 radical (unpaired) electrons. The number of aryl methyl sites for hydroxylation is 2. The topological polar surface area (TPSA) is 58.1 Å². The van der Waals surface area contributed by atoms with Crippen molar-refractivity contribution in [2.75, 3.05) is 25.5 Å². The summed E-state index contributed by atoms with van der Waals surface area (Å²) in [6.45, 7) is 3.52. The Morgan fingerprint density at radius 1 is 1.20 bits per heavy atom. The Morgan fingerprint density at radius 2 is 1.92 bits per heavy atom. The molecule has 132 valence electrons. The van der Waals surface area contributed by atoms with Crippen LogP contribution in [0.15, 0.2) is 36.4 Å².